The van der Waals surface area contributed by atoms with Crippen LogP contribution in [-0.4, -0.2) is 4.98 Å². The van der Waals surface area contributed by atoms with Crippen LogP contribution < -0.4 is 0 Å². The third-order valence-corrected chi connectivity index (χ3v) is 2.39. The zero-order chi connectivity index (χ0) is 12.5. The molecule has 0 aliphatic carbocycles. The quantitative estimate of drug-likeness (QED) is 0.728. The first kappa shape index (κ1) is 11.6. The fraction of sp³-hybridized carbons (Fsp3) is 0.154. The predicted octanol–water partition coefficient (Wildman–Crippen LogP) is 4.08. The summed E-state index contributed by atoms with van der Waals surface area (Å²) in [5.41, 5.74) is 0.327. The van der Waals surface area contributed by atoms with Gasteiger partial charge in [0.15, 0.2) is 0 Å². The van der Waals surface area contributed by atoms with Crippen LogP contribution in [0.4, 0.5) is 13.2 Å². The molecule has 1 nitrogen and oxygen atoms in total. The van der Waals surface area contributed by atoms with E-state index in [0.29, 0.717) is 11.3 Å². The van der Waals surface area contributed by atoms with Crippen molar-refractivity contribution in [3.8, 4) is 11.3 Å². The van der Waals surface area contributed by atoms with Gasteiger partial charge in [0, 0.05) is 11.3 Å². The number of pyridine rings is 1. The molecule has 1 heterocycles. The first-order valence-electron chi connectivity index (χ1n) is 5.09. The van der Waals surface area contributed by atoms with Crippen LogP contribution >= 0.6 is 0 Å². The summed E-state index contributed by atoms with van der Waals surface area (Å²) < 4.78 is 38.5. The summed E-state index contributed by atoms with van der Waals surface area (Å²) in [6, 6.07) is 10.8. The SMILES string of the molecule is Cc1ccc(C(F)(F)F)c(-c2ccccc2)n1. The molecule has 0 amide bonds. The number of hydrogen-bond acceptors (Lipinski definition) is 1. The average Bonchev–Trinajstić information content (AvgIpc) is 2.28. The van der Waals surface area contributed by atoms with E-state index >= 15 is 0 Å². The minimum Gasteiger partial charge on any atom is -0.253 e. The Hall–Kier alpha value is -1.84. The van der Waals surface area contributed by atoms with E-state index < -0.39 is 11.7 Å². The topological polar surface area (TPSA) is 12.9 Å². The number of alkyl halides is 3. The highest BCUT2D eigenvalue weighted by Gasteiger charge is 2.34. The molecule has 0 atom stereocenters. The molecule has 0 saturated carbocycles. The van der Waals surface area contributed by atoms with Crippen molar-refractivity contribution >= 4 is 0 Å². The lowest BCUT2D eigenvalue weighted by molar-refractivity contribution is -0.137. The van der Waals surface area contributed by atoms with E-state index in [4.69, 9.17) is 0 Å². The third kappa shape index (κ3) is 2.46. The normalized spacial score (nSPS) is 11.5. The molecule has 0 saturated heterocycles. The van der Waals surface area contributed by atoms with Gasteiger partial charge >= 0.3 is 6.18 Å². The highest BCUT2D eigenvalue weighted by atomic mass is 19.4. The van der Waals surface area contributed by atoms with E-state index in [0.717, 1.165) is 6.07 Å². The van der Waals surface area contributed by atoms with Crippen molar-refractivity contribution in [3.63, 3.8) is 0 Å². The summed E-state index contributed by atoms with van der Waals surface area (Å²) in [6.45, 7) is 1.67. The zero-order valence-corrected chi connectivity index (χ0v) is 9.12. The van der Waals surface area contributed by atoms with E-state index in [1.54, 1.807) is 37.3 Å². The molecule has 0 N–H and O–H groups in total. The molecule has 1 aromatic carbocycles. The maximum absolute atomic E-state index is 12.8. The molecule has 0 spiro atoms. The summed E-state index contributed by atoms with van der Waals surface area (Å²) in [7, 11) is 0. The van der Waals surface area contributed by atoms with E-state index in [1.165, 1.54) is 6.07 Å². The number of benzene rings is 1. The molecule has 2 aromatic rings. The minimum absolute atomic E-state index is 0.0156. The van der Waals surface area contributed by atoms with Gasteiger partial charge in [-0.3, -0.25) is 4.98 Å². The van der Waals surface area contributed by atoms with Crippen LogP contribution in [0, 0.1) is 6.92 Å². The van der Waals surface area contributed by atoms with Gasteiger partial charge in [0.05, 0.1) is 11.3 Å². The van der Waals surface area contributed by atoms with Crippen LogP contribution in [0.15, 0.2) is 42.5 Å². The Morgan fingerprint density at radius 2 is 1.59 bits per heavy atom. The largest absolute Gasteiger partial charge is 0.418 e. The molecule has 0 radical (unpaired) electrons. The Labute approximate surface area is 96.9 Å². The average molecular weight is 237 g/mol. The summed E-state index contributed by atoms with van der Waals surface area (Å²) in [5, 5.41) is 0. The Morgan fingerprint density at radius 3 is 2.18 bits per heavy atom. The molecular formula is C13H10F3N. The fourth-order valence-electron chi connectivity index (χ4n) is 1.60. The van der Waals surface area contributed by atoms with Gasteiger partial charge in [-0.05, 0) is 19.1 Å². The van der Waals surface area contributed by atoms with Gasteiger partial charge in [0.25, 0.3) is 0 Å². The molecule has 0 unspecified atom stereocenters. The number of aromatic nitrogens is 1. The molecule has 88 valence electrons. The molecule has 0 bridgehead atoms. The lowest BCUT2D eigenvalue weighted by Gasteiger charge is -2.12. The Kier molecular flexibility index (Phi) is 2.88. The minimum atomic E-state index is -4.38. The maximum atomic E-state index is 12.8. The van der Waals surface area contributed by atoms with Crippen LogP contribution in [0.2, 0.25) is 0 Å². The van der Waals surface area contributed by atoms with Crippen molar-refractivity contribution in [3.05, 3.63) is 53.7 Å². The monoisotopic (exact) mass is 237 g/mol. The van der Waals surface area contributed by atoms with Crippen molar-refractivity contribution < 1.29 is 13.2 Å². The van der Waals surface area contributed by atoms with Crippen molar-refractivity contribution in [1.82, 2.24) is 4.98 Å². The second-order valence-corrected chi connectivity index (χ2v) is 3.71. The predicted molar refractivity (Wildman–Crippen MR) is 59.4 cm³/mol. The zero-order valence-electron chi connectivity index (χ0n) is 9.12. The summed E-state index contributed by atoms with van der Waals surface area (Å²) >= 11 is 0. The summed E-state index contributed by atoms with van der Waals surface area (Å²) in [6.07, 6.45) is -4.38. The van der Waals surface area contributed by atoms with E-state index in [2.05, 4.69) is 4.98 Å². The van der Waals surface area contributed by atoms with Gasteiger partial charge < -0.3 is 0 Å². The van der Waals surface area contributed by atoms with Crippen LogP contribution in [-0.2, 0) is 6.18 Å². The summed E-state index contributed by atoms with van der Waals surface area (Å²) in [5.74, 6) is 0. The Balaban J connectivity index is 2.64. The lowest BCUT2D eigenvalue weighted by atomic mass is 10.0. The van der Waals surface area contributed by atoms with Crippen LogP contribution in [0.3, 0.4) is 0 Å². The van der Waals surface area contributed by atoms with Crippen molar-refractivity contribution in [2.75, 3.05) is 0 Å². The fourth-order valence-corrected chi connectivity index (χ4v) is 1.60. The third-order valence-electron chi connectivity index (χ3n) is 2.39. The number of aryl methyl sites for hydroxylation is 1. The second kappa shape index (κ2) is 4.20. The number of rotatable bonds is 1. The summed E-state index contributed by atoms with van der Waals surface area (Å²) in [4.78, 5) is 3.99. The molecule has 0 aliphatic heterocycles. The van der Waals surface area contributed by atoms with Gasteiger partial charge in [0.1, 0.15) is 0 Å². The smallest absolute Gasteiger partial charge is 0.253 e. The molecule has 0 aliphatic rings. The van der Waals surface area contributed by atoms with Crippen LogP contribution in [0.5, 0.6) is 0 Å². The molecular weight excluding hydrogens is 227 g/mol. The van der Waals surface area contributed by atoms with Gasteiger partial charge in [0.2, 0.25) is 0 Å². The molecule has 2 rings (SSSR count). The second-order valence-electron chi connectivity index (χ2n) is 3.71. The van der Waals surface area contributed by atoms with E-state index in [1.807, 2.05) is 0 Å². The first-order valence-corrected chi connectivity index (χ1v) is 5.09. The molecule has 17 heavy (non-hydrogen) atoms. The van der Waals surface area contributed by atoms with Gasteiger partial charge in [-0.25, -0.2) is 0 Å². The van der Waals surface area contributed by atoms with Crippen molar-refractivity contribution in [2.45, 2.75) is 13.1 Å². The van der Waals surface area contributed by atoms with E-state index in [9.17, 15) is 13.2 Å². The van der Waals surface area contributed by atoms with Crippen molar-refractivity contribution in [1.29, 1.82) is 0 Å². The van der Waals surface area contributed by atoms with Gasteiger partial charge in [-0.1, -0.05) is 30.3 Å². The first-order chi connectivity index (χ1) is 7.98. The number of nitrogens with zero attached hydrogens (tertiary/aromatic N) is 1. The van der Waals surface area contributed by atoms with E-state index in [-0.39, 0.29) is 5.69 Å². The highest BCUT2D eigenvalue weighted by molar-refractivity contribution is 5.63. The Bertz CT molecular complexity index is 518. The molecule has 0 fully saturated rings. The number of halogens is 3. The standard InChI is InChI=1S/C13H10F3N/c1-9-7-8-11(13(14,15)16)12(17-9)10-5-3-2-4-6-10/h2-8H,1H3. The molecule has 4 heteroatoms. The Morgan fingerprint density at radius 1 is 0.941 bits per heavy atom. The highest BCUT2D eigenvalue weighted by Crippen LogP contribution is 2.35. The van der Waals surface area contributed by atoms with Crippen LogP contribution in [0.25, 0.3) is 11.3 Å². The number of hydrogen-bond donors (Lipinski definition) is 0. The van der Waals surface area contributed by atoms with Gasteiger partial charge in [-0.15, -0.1) is 0 Å². The maximum Gasteiger partial charge on any atom is 0.418 e. The molecule has 1 aromatic heterocycles. The van der Waals surface area contributed by atoms with Crippen molar-refractivity contribution in [2.24, 2.45) is 0 Å². The lowest BCUT2D eigenvalue weighted by Crippen LogP contribution is -2.08. The van der Waals surface area contributed by atoms with Gasteiger partial charge in [-0.2, -0.15) is 13.2 Å². The van der Waals surface area contributed by atoms with Crippen LogP contribution in [0.1, 0.15) is 11.3 Å².